The molecule has 1 atom stereocenters. The molecule has 1 N–H and O–H groups in total. The van der Waals surface area contributed by atoms with Gasteiger partial charge in [0.25, 0.3) is 0 Å². The van der Waals surface area contributed by atoms with Crippen molar-refractivity contribution in [1.29, 1.82) is 0 Å². The van der Waals surface area contributed by atoms with Crippen LogP contribution in [0.15, 0.2) is 24.3 Å². The number of hydrogen-bond donors (Lipinski definition) is 1. The number of ether oxygens (including phenoxy) is 1. The summed E-state index contributed by atoms with van der Waals surface area (Å²) >= 11 is 0. The summed E-state index contributed by atoms with van der Waals surface area (Å²) in [5, 5.41) is 3.20. The van der Waals surface area contributed by atoms with E-state index in [2.05, 4.69) is 50.0 Å². The summed E-state index contributed by atoms with van der Waals surface area (Å²) in [6, 6.07) is 8.68. The molecule has 0 radical (unpaired) electrons. The Bertz CT molecular complexity index is 355. The maximum atomic E-state index is 5.45. The van der Waals surface area contributed by atoms with E-state index in [4.69, 9.17) is 4.74 Å². The Morgan fingerprint density at radius 3 is 2.33 bits per heavy atom. The molecule has 0 aliphatic carbocycles. The van der Waals surface area contributed by atoms with Crippen LogP contribution in [-0.4, -0.2) is 38.7 Å². The van der Waals surface area contributed by atoms with Crippen LogP contribution in [0.5, 0.6) is 5.75 Å². The average molecular weight is 294 g/mol. The number of methoxy groups -OCH3 is 1. The zero-order valence-electron chi connectivity index (χ0n) is 14.8. The van der Waals surface area contributed by atoms with E-state index >= 15 is 0 Å². The van der Waals surface area contributed by atoms with Gasteiger partial charge in [-0.15, -0.1) is 0 Å². The predicted molar refractivity (Wildman–Crippen MR) is 93.2 cm³/mol. The third kappa shape index (κ3) is 7.49. The lowest BCUT2D eigenvalue weighted by atomic mass is 10.1. The second-order valence-electron chi connectivity index (χ2n) is 5.21. The van der Waals surface area contributed by atoms with E-state index in [0.29, 0.717) is 6.04 Å². The molecule has 3 heteroatoms. The zero-order valence-corrected chi connectivity index (χ0v) is 14.8. The highest BCUT2D eigenvalue weighted by atomic mass is 16.5. The summed E-state index contributed by atoms with van der Waals surface area (Å²) in [5.41, 5.74) is 1.27. The lowest BCUT2D eigenvalue weighted by molar-refractivity contribution is 0.215. The fourth-order valence-electron chi connectivity index (χ4n) is 2.29. The average Bonchev–Trinajstić information content (AvgIpc) is 2.52. The third-order valence-electron chi connectivity index (χ3n) is 3.42. The van der Waals surface area contributed by atoms with Crippen LogP contribution in [0.1, 0.15) is 52.1 Å². The van der Waals surface area contributed by atoms with E-state index in [1.165, 1.54) is 18.4 Å². The van der Waals surface area contributed by atoms with Gasteiger partial charge in [-0.2, -0.15) is 0 Å². The Hall–Kier alpha value is -1.06. The van der Waals surface area contributed by atoms with Crippen molar-refractivity contribution in [2.24, 2.45) is 0 Å². The van der Waals surface area contributed by atoms with Crippen molar-refractivity contribution in [2.75, 3.05) is 33.8 Å². The third-order valence-corrected chi connectivity index (χ3v) is 3.42. The van der Waals surface area contributed by atoms with Crippen molar-refractivity contribution in [3.05, 3.63) is 29.8 Å². The van der Waals surface area contributed by atoms with Crippen LogP contribution in [0.3, 0.4) is 0 Å². The minimum atomic E-state index is 0.392. The van der Waals surface area contributed by atoms with Gasteiger partial charge >= 0.3 is 0 Å². The van der Waals surface area contributed by atoms with Crippen LogP contribution in [0.25, 0.3) is 0 Å². The first-order chi connectivity index (χ1) is 10.2. The molecular weight excluding hydrogens is 260 g/mol. The quantitative estimate of drug-likeness (QED) is 0.730. The van der Waals surface area contributed by atoms with E-state index in [1.807, 2.05) is 19.2 Å². The summed E-state index contributed by atoms with van der Waals surface area (Å²) in [6.45, 7) is 11.9. The van der Waals surface area contributed by atoms with Crippen molar-refractivity contribution >= 4 is 0 Å². The second kappa shape index (κ2) is 12.7. The summed E-state index contributed by atoms with van der Waals surface area (Å²) in [7, 11) is 3.74. The molecule has 3 nitrogen and oxygen atoms in total. The predicted octanol–water partition coefficient (Wildman–Crippen LogP) is 4.10. The Morgan fingerprint density at radius 1 is 1.19 bits per heavy atom. The van der Waals surface area contributed by atoms with Gasteiger partial charge in [0.1, 0.15) is 5.75 Å². The smallest absolute Gasteiger partial charge is 0.123 e. The normalized spacial score (nSPS) is 11.8. The van der Waals surface area contributed by atoms with Crippen molar-refractivity contribution < 1.29 is 4.74 Å². The highest BCUT2D eigenvalue weighted by Crippen LogP contribution is 2.28. The monoisotopic (exact) mass is 294 g/mol. The van der Waals surface area contributed by atoms with Crippen molar-refractivity contribution in [2.45, 2.75) is 46.6 Å². The molecule has 0 saturated heterocycles. The topological polar surface area (TPSA) is 24.5 Å². The number of nitrogens with zero attached hydrogens (tertiary/aromatic N) is 1. The Labute approximate surface area is 131 Å². The maximum Gasteiger partial charge on any atom is 0.123 e. The number of hydrogen-bond acceptors (Lipinski definition) is 3. The largest absolute Gasteiger partial charge is 0.496 e. The van der Waals surface area contributed by atoms with Gasteiger partial charge in [-0.25, -0.2) is 0 Å². The highest BCUT2D eigenvalue weighted by molar-refractivity contribution is 5.35. The molecule has 0 amide bonds. The number of para-hydroxylation sites is 1. The molecular formula is C18H34N2O. The van der Waals surface area contributed by atoms with Gasteiger partial charge in [0, 0.05) is 11.6 Å². The minimum Gasteiger partial charge on any atom is -0.496 e. The van der Waals surface area contributed by atoms with Gasteiger partial charge in [0.15, 0.2) is 0 Å². The summed E-state index contributed by atoms with van der Waals surface area (Å²) in [6.07, 6.45) is 2.42. The fraction of sp³-hybridized carbons (Fsp3) is 0.667. The molecule has 0 aromatic heterocycles. The van der Waals surface area contributed by atoms with Crippen LogP contribution in [-0.2, 0) is 0 Å². The summed E-state index contributed by atoms with van der Waals surface area (Å²) in [5.74, 6) is 0.983. The molecule has 1 aromatic carbocycles. The van der Waals surface area contributed by atoms with E-state index < -0.39 is 0 Å². The van der Waals surface area contributed by atoms with Gasteiger partial charge in [0.05, 0.1) is 7.11 Å². The van der Waals surface area contributed by atoms with Gasteiger partial charge < -0.3 is 10.1 Å². The molecule has 122 valence electrons. The number of rotatable bonds is 8. The highest BCUT2D eigenvalue weighted by Gasteiger charge is 2.16. The van der Waals surface area contributed by atoms with Crippen molar-refractivity contribution in [1.82, 2.24) is 10.2 Å². The van der Waals surface area contributed by atoms with Gasteiger partial charge in [-0.3, -0.25) is 4.90 Å². The molecule has 21 heavy (non-hydrogen) atoms. The van der Waals surface area contributed by atoms with Crippen LogP contribution in [0, 0.1) is 0 Å². The standard InChI is InChI=1S/C15H26N2O.C3H8/c1-5-17(12-8-11-16-3)13(2)14-9-6-7-10-15(14)18-4;1-3-2/h6-7,9-10,13,16H,5,8,11-12H2,1-4H3;3H2,1-2H3/t13-;/m0./s1. The zero-order chi connectivity index (χ0) is 16.1. The molecule has 1 rings (SSSR count). The van der Waals surface area contributed by atoms with E-state index in [1.54, 1.807) is 7.11 Å². The molecule has 0 unspecified atom stereocenters. The Kier molecular flexibility index (Phi) is 12.0. The van der Waals surface area contributed by atoms with Crippen LogP contribution in [0.2, 0.25) is 0 Å². The molecule has 0 spiro atoms. The number of benzene rings is 1. The minimum absolute atomic E-state index is 0.392. The molecule has 0 aliphatic heterocycles. The second-order valence-corrected chi connectivity index (χ2v) is 5.21. The van der Waals surface area contributed by atoms with E-state index in [-0.39, 0.29) is 0 Å². The van der Waals surface area contributed by atoms with Crippen LogP contribution >= 0.6 is 0 Å². The van der Waals surface area contributed by atoms with Crippen LogP contribution in [0.4, 0.5) is 0 Å². The SMILES string of the molecule is CCC.CCN(CCCNC)[C@@H](C)c1ccccc1OC. The first-order valence-corrected chi connectivity index (χ1v) is 8.17. The Balaban J connectivity index is 0.00000122. The molecule has 0 fully saturated rings. The lowest BCUT2D eigenvalue weighted by Crippen LogP contribution is -2.29. The van der Waals surface area contributed by atoms with E-state index in [9.17, 15) is 0 Å². The molecule has 1 aromatic rings. The summed E-state index contributed by atoms with van der Waals surface area (Å²) < 4.78 is 5.45. The molecule has 0 saturated carbocycles. The fourth-order valence-corrected chi connectivity index (χ4v) is 2.29. The van der Waals surface area contributed by atoms with Gasteiger partial charge in [-0.1, -0.05) is 45.4 Å². The van der Waals surface area contributed by atoms with E-state index in [0.717, 1.165) is 25.4 Å². The molecule has 0 bridgehead atoms. The van der Waals surface area contributed by atoms with Gasteiger partial charge in [0.2, 0.25) is 0 Å². The Morgan fingerprint density at radius 2 is 1.81 bits per heavy atom. The number of nitrogens with one attached hydrogen (secondary N) is 1. The van der Waals surface area contributed by atoms with Gasteiger partial charge in [-0.05, 0) is 46.1 Å². The summed E-state index contributed by atoms with van der Waals surface area (Å²) in [4.78, 5) is 2.48. The first kappa shape index (κ1) is 19.9. The van der Waals surface area contributed by atoms with Crippen molar-refractivity contribution in [3.8, 4) is 5.75 Å². The van der Waals surface area contributed by atoms with Crippen LogP contribution < -0.4 is 10.1 Å². The molecule has 0 heterocycles. The first-order valence-electron chi connectivity index (χ1n) is 8.17. The lowest BCUT2D eigenvalue weighted by Gasteiger charge is -2.29. The maximum absolute atomic E-state index is 5.45. The van der Waals surface area contributed by atoms with Crippen molar-refractivity contribution in [3.63, 3.8) is 0 Å². The molecule has 0 aliphatic rings.